The summed E-state index contributed by atoms with van der Waals surface area (Å²) in [7, 11) is 0. The summed E-state index contributed by atoms with van der Waals surface area (Å²) in [5.41, 5.74) is 8.02. The standard InChI is InChI=1S/C21H24ClN3OS/c22-16-5-6-20-17(14-16)18(13-15-3-1-2-4-19(15)27-20)25-11-9-24(10-12-25)8-7-21(23)26/h1-6,14,18H,7-13H2,(H2,23,26). The Labute approximate surface area is 169 Å². The number of amides is 1. The van der Waals surface area contributed by atoms with Gasteiger partial charge in [0.2, 0.25) is 5.91 Å². The molecule has 0 saturated carbocycles. The number of fused-ring (bicyclic) bond motifs is 2. The molecule has 2 N–H and O–H groups in total. The van der Waals surface area contributed by atoms with Gasteiger partial charge in [0.25, 0.3) is 0 Å². The van der Waals surface area contributed by atoms with Gasteiger partial charge in [-0.25, -0.2) is 0 Å². The van der Waals surface area contributed by atoms with Crippen molar-refractivity contribution in [3.8, 4) is 0 Å². The van der Waals surface area contributed by atoms with Crippen LogP contribution < -0.4 is 5.73 Å². The largest absolute Gasteiger partial charge is 0.370 e. The molecule has 2 aromatic rings. The van der Waals surface area contributed by atoms with Crippen LogP contribution in [0.2, 0.25) is 5.02 Å². The van der Waals surface area contributed by atoms with Gasteiger partial charge in [-0.3, -0.25) is 9.69 Å². The van der Waals surface area contributed by atoms with E-state index in [0.29, 0.717) is 12.5 Å². The molecule has 1 unspecified atom stereocenters. The number of hydrogen-bond donors (Lipinski definition) is 1. The summed E-state index contributed by atoms with van der Waals surface area (Å²) in [6.45, 7) is 4.67. The molecule has 4 nitrogen and oxygen atoms in total. The molecule has 2 aliphatic heterocycles. The van der Waals surface area contributed by atoms with E-state index in [9.17, 15) is 4.79 Å². The molecule has 0 spiro atoms. The number of nitrogens with zero attached hydrogens (tertiary/aromatic N) is 2. The minimum absolute atomic E-state index is 0.224. The van der Waals surface area contributed by atoms with Crippen LogP contribution in [0.25, 0.3) is 0 Å². The van der Waals surface area contributed by atoms with E-state index in [1.165, 1.54) is 20.9 Å². The van der Waals surface area contributed by atoms with Crippen LogP contribution >= 0.6 is 23.4 Å². The number of benzene rings is 2. The van der Waals surface area contributed by atoms with Gasteiger partial charge in [0, 0.05) is 60.0 Å². The zero-order valence-electron chi connectivity index (χ0n) is 15.2. The molecule has 0 radical (unpaired) electrons. The summed E-state index contributed by atoms with van der Waals surface area (Å²) in [4.78, 5) is 18.6. The summed E-state index contributed by atoms with van der Waals surface area (Å²) in [5, 5.41) is 0.797. The lowest BCUT2D eigenvalue weighted by Crippen LogP contribution is -2.48. The van der Waals surface area contributed by atoms with Crippen LogP contribution in [-0.2, 0) is 11.2 Å². The Balaban J connectivity index is 1.57. The maximum atomic E-state index is 11.0. The monoisotopic (exact) mass is 401 g/mol. The third-order valence-corrected chi connectivity index (χ3v) is 6.90. The lowest BCUT2D eigenvalue weighted by Gasteiger charge is -2.39. The fourth-order valence-electron chi connectivity index (χ4n) is 3.97. The van der Waals surface area contributed by atoms with Crippen LogP contribution in [0.1, 0.15) is 23.6 Å². The Hall–Kier alpha value is -1.53. The highest BCUT2D eigenvalue weighted by Gasteiger charge is 2.30. The number of halogens is 1. The van der Waals surface area contributed by atoms with Crippen molar-refractivity contribution < 1.29 is 4.79 Å². The first-order valence-electron chi connectivity index (χ1n) is 9.40. The average molecular weight is 402 g/mol. The third-order valence-electron chi connectivity index (χ3n) is 5.46. The molecular formula is C21H24ClN3OS. The summed E-state index contributed by atoms with van der Waals surface area (Å²) in [5.74, 6) is -0.224. The Kier molecular flexibility index (Phi) is 5.74. The molecule has 1 atom stereocenters. The van der Waals surface area contributed by atoms with Crippen LogP contribution in [-0.4, -0.2) is 48.4 Å². The van der Waals surface area contributed by atoms with Crippen molar-refractivity contribution in [1.82, 2.24) is 9.80 Å². The van der Waals surface area contributed by atoms with Crippen LogP contribution in [0.15, 0.2) is 52.3 Å². The van der Waals surface area contributed by atoms with Gasteiger partial charge in [-0.2, -0.15) is 0 Å². The van der Waals surface area contributed by atoms with E-state index in [1.807, 2.05) is 17.8 Å². The first-order valence-corrected chi connectivity index (χ1v) is 10.6. The Morgan fingerprint density at radius 3 is 2.67 bits per heavy atom. The first kappa shape index (κ1) is 18.8. The third kappa shape index (κ3) is 4.32. The minimum Gasteiger partial charge on any atom is -0.370 e. The summed E-state index contributed by atoms with van der Waals surface area (Å²) >= 11 is 8.20. The lowest BCUT2D eigenvalue weighted by molar-refractivity contribution is -0.118. The molecule has 6 heteroatoms. The molecule has 2 aliphatic rings. The molecule has 142 valence electrons. The molecule has 1 saturated heterocycles. The molecule has 4 rings (SSSR count). The smallest absolute Gasteiger partial charge is 0.218 e. The van der Waals surface area contributed by atoms with Crippen molar-refractivity contribution >= 4 is 29.3 Å². The molecule has 2 heterocycles. The van der Waals surface area contributed by atoms with E-state index in [0.717, 1.165) is 44.2 Å². The molecule has 1 amide bonds. The van der Waals surface area contributed by atoms with Gasteiger partial charge in [-0.15, -0.1) is 0 Å². The molecule has 0 bridgehead atoms. The lowest BCUT2D eigenvalue weighted by atomic mass is 9.96. The van der Waals surface area contributed by atoms with Crippen LogP contribution in [0.5, 0.6) is 0 Å². The van der Waals surface area contributed by atoms with Crippen molar-refractivity contribution in [2.24, 2.45) is 5.73 Å². The topological polar surface area (TPSA) is 49.6 Å². The molecule has 1 fully saturated rings. The Morgan fingerprint density at radius 2 is 1.89 bits per heavy atom. The Bertz CT molecular complexity index is 836. The van der Waals surface area contributed by atoms with Crippen molar-refractivity contribution in [2.75, 3.05) is 32.7 Å². The molecule has 27 heavy (non-hydrogen) atoms. The second kappa shape index (κ2) is 8.23. The van der Waals surface area contributed by atoms with Gasteiger partial charge < -0.3 is 10.6 Å². The highest BCUT2D eigenvalue weighted by molar-refractivity contribution is 7.99. The molecular weight excluding hydrogens is 378 g/mol. The van der Waals surface area contributed by atoms with Gasteiger partial charge in [0.05, 0.1) is 0 Å². The van der Waals surface area contributed by atoms with Gasteiger partial charge >= 0.3 is 0 Å². The summed E-state index contributed by atoms with van der Waals surface area (Å²) in [6, 6.07) is 15.3. The number of nitrogens with two attached hydrogens (primary N) is 1. The fraction of sp³-hybridized carbons (Fsp3) is 0.381. The summed E-state index contributed by atoms with van der Waals surface area (Å²) in [6.07, 6.45) is 1.43. The highest BCUT2D eigenvalue weighted by Crippen LogP contribution is 2.43. The predicted molar refractivity (Wildman–Crippen MR) is 110 cm³/mol. The van der Waals surface area contributed by atoms with E-state index in [-0.39, 0.29) is 5.91 Å². The number of primary amides is 1. The van der Waals surface area contributed by atoms with E-state index >= 15 is 0 Å². The van der Waals surface area contributed by atoms with Gasteiger partial charge in [-0.1, -0.05) is 41.6 Å². The van der Waals surface area contributed by atoms with Gasteiger partial charge in [-0.05, 0) is 41.8 Å². The zero-order chi connectivity index (χ0) is 18.8. The number of piperazine rings is 1. The second-order valence-corrected chi connectivity index (χ2v) is 8.73. The maximum absolute atomic E-state index is 11.0. The number of rotatable bonds is 4. The second-order valence-electron chi connectivity index (χ2n) is 7.21. The number of carbonyl (C=O) groups is 1. The van der Waals surface area contributed by atoms with Gasteiger partial charge in [0.15, 0.2) is 0 Å². The zero-order valence-corrected chi connectivity index (χ0v) is 16.8. The van der Waals surface area contributed by atoms with E-state index in [1.54, 1.807) is 0 Å². The Morgan fingerprint density at radius 1 is 1.11 bits per heavy atom. The molecule has 0 aromatic heterocycles. The SMILES string of the molecule is NC(=O)CCN1CCN(C2Cc3ccccc3Sc3ccc(Cl)cc32)CC1. The average Bonchev–Trinajstić information content (AvgIpc) is 2.83. The molecule has 0 aliphatic carbocycles. The highest BCUT2D eigenvalue weighted by atomic mass is 35.5. The van der Waals surface area contributed by atoms with Crippen LogP contribution in [0.3, 0.4) is 0 Å². The van der Waals surface area contributed by atoms with Crippen LogP contribution in [0, 0.1) is 0 Å². The normalized spacial score (nSPS) is 20.6. The van der Waals surface area contributed by atoms with Crippen molar-refractivity contribution in [1.29, 1.82) is 0 Å². The van der Waals surface area contributed by atoms with Crippen molar-refractivity contribution in [2.45, 2.75) is 28.7 Å². The maximum Gasteiger partial charge on any atom is 0.218 e. The fourth-order valence-corrected chi connectivity index (χ4v) is 5.27. The van der Waals surface area contributed by atoms with E-state index in [2.05, 4.69) is 46.2 Å². The summed E-state index contributed by atoms with van der Waals surface area (Å²) < 4.78 is 0. The minimum atomic E-state index is -0.224. The van der Waals surface area contributed by atoms with Crippen molar-refractivity contribution in [3.63, 3.8) is 0 Å². The van der Waals surface area contributed by atoms with E-state index in [4.69, 9.17) is 17.3 Å². The van der Waals surface area contributed by atoms with E-state index < -0.39 is 0 Å². The van der Waals surface area contributed by atoms with Crippen LogP contribution in [0.4, 0.5) is 0 Å². The number of carbonyl (C=O) groups excluding carboxylic acids is 1. The van der Waals surface area contributed by atoms with Crippen molar-refractivity contribution in [3.05, 3.63) is 58.6 Å². The number of hydrogen-bond acceptors (Lipinski definition) is 4. The van der Waals surface area contributed by atoms with Gasteiger partial charge in [0.1, 0.15) is 0 Å². The first-order chi connectivity index (χ1) is 13.1. The quantitative estimate of drug-likeness (QED) is 0.850. The molecule has 2 aromatic carbocycles. The predicted octanol–water partition coefficient (Wildman–Crippen LogP) is 3.58.